The molecule has 4 nitrogen and oxygen atoms in total. The summed E-state index contributed by atoms with van der Waals surface area (Å²) in [7, 11) is 0. The van der Waals surface area contributed by atoms with Crippen molar-refractivity contribution in [1.29, 1.82) is 0 Å². The molecule has 2 rings (SSSR count). The zero-order valence-corrected chi connectivity index (χ0v) is 12.5. The van der Waals surface area contributed by atoms with Gasteiger partial charge in [0.15, 0.2) is 0 Å². The van der Waals surface area contributed by atoms with E-state index in [9.17, 15) is 4.39 Å². The first-order valence-electron chi connectivity index (χ1n) is 6.69. The molecule has 112 valence electrons. The standard InChI is InChI=1S/C15H17ClFN3O/c1-11-9-19-15(20-10-11)18-6-4-12-2-3-14(13(16)8-12)21-7-5-17/h2-3,8-10H,4-7H2,1H3,(H,18,19,20). The molecule has 2 aromatic rings. The van der Waals surface area contributed by atoms with Crippen molar-refractivity contribution in [2.45, 2.75) is 13.3 Å². The number of ether oxygens (including phenoxy) is 1. The molecule has 0 radical (unpaired) electrons. The van der Waals surface area contributed by atoms with Gasteiger partial charge < -0.3 is 10.1 Å². The minimum absolute atomic E-state index is 0.0192. The van der Waals surface area contributed by atoms with Crippen molar-refractivity contribution in [3.63, 3.8) is 0 Å². The van der Waals surface area contributed by atoms with Crippen molar-refractivity contribution >= 4 is 17.5 Å². The fraction of sp³-hybridized carbons (Fsp3) is 0.333. The fourth-order valence-electron chi connectivity index (χ4n) is 1.77. The van der Waals surface area contributed by atoms with Crippen LogP contribution in [0.5, 0.6) is 5.75 Å². The summed E-state index contributed by atoms with van der Waals surface area (Å²) < 4.78 is 17.2. The minimum Gasteiger partial charge on any atom is -0.489 e. The molecule has 0 aliphatic heterocycles. The first-order chi connectivity index (χ1) is 10.2. The predicted octanol–water partition coefficient (Wildman–Crippen LogP) is 3.44. The third kappa shape index (κ3) is 4.86. The molecule has 1 aromatic carbocycles. The van der Waals surface area contributed by atoms with Crippen LogP contribution in [0.25, 0.3) is 0 Å². The number of hydrogen-bond donors (Lipinski definition) is 1. The lowest BCUT2D eigenvalue weighted by Gasteiger charge is -2.09. The van der Waals surface area contributed by atoms with Crippen LogP contribution in [0.1, 0.15) is 11.1 Å². The van der Waals surface area contributed by atoms with E-state index in [-0.39, 0.29) is 6.61 Å². The Morgan fingerprint density at radius 3 is 2.71 bits per heavy atom. The molecule has 1 heterocycles. The van der Waals surface area contributed by atoms with Crippen LogP contribution in [0.15, 0.2) is 30.6 Å². The number of benzene rings is 1. The van der Waals surface area contributed by atoms with Gasteiger partial charge in [0.05, 0.1) is 5.02 Å². The molecule has 0 spiro atoms. The molecule has 0 saturated carbocycles. The average molecular weight is 310 g/mol. The van der Waals surface area contributed by atoms with Gasteiger partial charge in [0.1, 0.15) is 19.0 Å². The summed E-state index contributed by atoms with van der Waals surface area (Å²) in [6.45, 7) is 2.13. The molecule has 0 aliphatic carbocycles. The highest BCUT2D eigenvalue weighted by Crippen LogP contribution is 2.25. The summed E-state index contributed by atoms with van der Waals surface area (Å²) in [5.41, 5.74) is 2.09. The molecule has 0 fully saturated rings. The average Bonchev–Trinajstić information content (AvgIpc) is 2.48. The van der Waals surface area contributed by atoms with Crippen molar-refractivity contribution in [1.82, 2.24) is 9.97 Å². The number of rotatable bonds is 7. The van der Waals surface area contributed by atoms with Crippen LogP contribution in [0.4, 0.5) is 10.3 Å². The Labute approximate surface area is 128 Å². The lowest BCUT2D eigenvalue weighted by molar-refractivity contribution is 0.273. The van der Waals surface area contributed by atoms with E-state index in [1.807, 2.05) is 19.1 Å². The van der Waals surface area contributed by atoms with Crippen LogP contribution in [0.3, 0.4) is 0 Å². The second-order valence-electron chi connectivity index (χ2n) is 4.56. The van der Waals surface area contributed by atoms with E-state index >= 15 is 0 Å². The topological polar surface area (TPSA) is 47.0 Å². The van der Waals surface area contributed by atoms with E-state index in [2.05, 4.69) is 15.3 Å². The number of halogens is 2. The number of alkyl halides is 1. The molecule has 0 aliphatic rings. The van der Waals surface area contributed by atoms with Crippen LogP contribution in [0, 0.1) is 6.92 Å². The Morgan fingerprint density at radius 1 is 1.29 bits per heavy atom. The third-order valence-electron chi connectivity index (χ3n) is 2.81. The summed E-state index contributed by atoms with van der Waals surface area (Å²) in [5, 5.41) is 3.64. The summed E-state index contributed by atoms with van der Waals surface area (Å²) in [4.78, 5) is 8.34. The predicted molar refractivity (Wildman–Crippen MR) is 81.9 cm³/mol. The minimum atomic E-state index is -0.529. The van der Waals surface area contributed by atoms with Gasteiger partial charge in [-0.05, 0) is 36.6 Å². The molecule has 1 N–H and O–H groups in total. The number of aromatic nitrogens is 2. The summed E-state index contributed by atoms with van der Waals surface area (Å²) in [6.07, 6.45) is 4.31. The van der Waals surface area contributed by atoms with E-state index in [4.69, 9.17) is 16.3 Å². The Balaban J connectivity index is 1.85. The molecule has 0 bridgehead atoms. The van der Waals surface area contributed by atoms with Crippen molar-refractivity contribution in [3.05, 3.63) is 46.7 Å². The first-order valence-corrected chi connectivity index (χ1v) is 7.06. The van der Waals surface area contributed by atoms with E-state index in [1.165, 1.54) is 0 Å². The summed E-state index contributed by atoms with van der Waals surface area (Å²) >= 11 is 6.09. The van der Waals surface area contributed by atoms with E-state index in [1.54, 1.807) is 18.5 Å². The molecule has 6 heteroatoms. The van der Waals surface area contributed by atoms with Gasteiger partial charge in [-0.3, -0.25) is 0 Å². The van der Waals surface area contributed by atoms with E-state index in [0.29, 0.717) is 23.3 Å². The second kappa shape index (κ2) is 7.78. The first kappa shape index (κ1) is 15.5. The highest BCUT2D eigenvalue weighted by molar-refractivity contribution is 6.32. The van der Waals surface area contributed by atoms with Crippen LogP contribution in [-0.4, -0.2) is 29.8 Å². The second-order valence-corrected chi connectivity index (χ2v) is 4.97. The number of aryl methyl sites for hydroxylation is 1. The molecule has 0 saturated heterocycles. The van der Waals surface area contributed by atoms with Crippen molar-refractivity contribution < 1.29 is 9.13 Å². The molecular formula is C15H17ClFN3O. The summed E-state index contributed by atoms with van der Waals surface area (Å²) in [6, 6.07) is 5.50. The number of nitrogens with zero attached hydrogens (tertiary/aromatic N) is 2. The largest absolute Gasteiger partial charge is 0.489 e. The van der Waals surface area contributed by atoms with Crippen LogP contribution < -0.4 is 10.1 Å². The maximum Gasteiger partial charge on any atom is 0.222 e. The van der Waals surface area contributed by atoms with Crippen molar-refractivity contribution in [3.8, 4) is 5.75 Å². The van der Waals surface area contributed by atoms with Gasteiger partial charge in [-0.1, -0.05) is 17.7 Å². The zero-order chi connectivity index (χ0) is 15.1. The molecule has 0 unspecified atom stereocenters. The SMILES string of the molecule is Cc1cnc(NCCc2ccc(OCCF)c(Cl)c2)nc1. The molecule has 0 amide bonds. The van der Waals surface area contributed by atoms with Gasteiger partial charge in [0.2, 0.25) is 5.95 Å². The summed E-state index contributed by atoms with van der Waals surface area (Å²) in [5.74, 6) is 1.11. The number of anilines is 1. The van der Waals surface area contributed by atoms with Crippen LogP contribution >= 0.6 is 11.6 Å². The smallest absolute Gasteiger partial charge is 0.222 e. The maximum atomic E-state index is 12.1. The normalized spacial score (nSPS) is 10.4. The Kier molecular flexibility index (Phi) is 5.75. The lowest BCUT2D eigenvalue weighted by Crippen LogP contribution is -2.08. The third-order valence-corrected chi connectivity index (χ3v) is 3.10. The van der Waals surface area contributed by atoms with E-state index < -0.39 is 6.67 Å². The lowest BCUT2D eigenvalue weighted by atomic mass is 10.1. The highest BCUT2D eigenvalue weighted by Gasteiger charge is 2.03. The fourth-order valence-corrected chi connectivity index (χ4v) is 2.03. The highest BCUT2D eigenvalue weighted by atomic mass is 35.5. The molecule has 0 atom stereocenters. The maximum absolute atomic E-state index is 12.1. The van der Waals surface area contributed by atoms with Gasteiger partial charge in [0, 0.05) is 18.9 Å². The number of nitrogens with one attached hydrogen (secondary N) is 1. The van der Waals surface area contributed by atoms with Crippen molar-refractivity contribution in [2.24, 2.45) is 0 Å². The molecule has 1 aromatic heterocycles. The zero-order valence-electron chi connectivity index (χ0n) is 11.8. The van der Waals surface area contributed by atoms with Gasteiger partial charge >= 0.3 is 0 Å². The quantitative estimate of drug-likeness (QED) is 0.851. The number of hydrogen-bond acceptors (Lipinski definition) is 4. The molecular weight excluding hydrogens is 293 g/mol. The van der Waals surface area contributed by atoms with Crippen molar-refractivity contribution in [2.75, 3.05) is 25.1 Å². The van der Waals surface area contributed by atoms with E-state index in [0.717, 1.165) is 17.5 Å². The van der Waals surface area contributed by atoms with Crippen LogP contribution in [0.2, 0.25) is 5.02 Å². The Morgan fingerprint density at radius 2 is 2.05 bits per heavy atom. The van der Waals surface area contributed by atoms with Gasteiger partial charge in [-0.25, -0.2) is 14.4 Å². The van der Waals surface area contributed by atoms with Gasteiger partial charge in [-0.2, -0.15) is 0 Å². The Bertz CT molecular complexity index is 578. The van der Waals surface area contributed by atoms with Gasteiger partial charge in [-0.15, -0.1) is 0 Å². The van der Waals surface area contributed by atoms with Crippen LogP contribution in [-0.2, 0) is 6.42 Å². The Hall–Kier alpha value is -1.88. The monoisotopic (exact) mass is 309 g/mol. The van der Waals surface area contributed by atoms with Gasteiger partial charge in [0.25, 0.3) is 0 Å². The molecule has 21 heavy (non-hydrogen) atoms.